The first-order valence-electron chi connectivity index (χ1n) is 6.01. The van der Waals surface area contributed by atoms with E-state index in [1.54, 1.807) is 12.1 Å². The van der Waals surface area contributed by atoms with Gasteiger partial charge in [0.25, 0.3) is 0 Å². The van der Waals surface area contributed by atoms with Crippen molar-refractivity contribution in [2.75, 3.05) is 13.7 Å². The van der Waals surface area contributed by atoms with E-state index >= 15 is 0 Å². The smallest absolute Gasteiger partial charge is 0.373 e. The Morgan fingerprint density at radius 1 is 1.47 bits per heavy atom. The van der Waals surface area contributed by atoms with Gasteiger partial charge in [-0.3, -0.25) is 0 Å². The van der Waals surface area contributed by atoms with E-state index in [1.807, 2.05) is 0 Å². The summed E-state index contributed by atoms with van der Waals surface area (Å²) in [7, 11) is 1.34. The molecule has 0 bridgehead atoms. The molecule has 0 aliphatic carbocycles. The molecule has 96 valence electrons. The van der Waals surface area contributed by atoms with Crippen molar-refractivity contribution in [2.45, 2.75) is 33.2 Å². The predicted molar refractivity (Wildman–Crippen MR) is 65.8 cm³/mol. The molecule has 1 heterocycles. The fourth-order valence-corrected chi connectivity index (χ4v) is 1.53. The molecule has 4 heteroatoms. The molecule has 0 fully saturated rings. The Balaban J connectivity index is 2.23. The molecule has 0 unspecified atom stereocenters. The first kappa shape index (κ1) is 13.8. The fourth-order valence-electron chi connectivity index (χ4n) is 1.53. The number of rotatable bonds is 7. The molecule has 4 nitrogen and oxygen atoms in total. The third-order valence-electron chi connectivity index (χ3n) is 2.48. The summed E-state index contributed by atoms with van der Waals surface area (Å²) in [5.41, 5.74) is 0. The zero-order chi connectivity index (χ0) is 12.7. The zero-order valence-electron chi connectivity index (χ0n) is 10.8. The molecule has 1 aromatic heterocycles. The van der Waals surface area contributed by atoms with Gasteiger partial charge in [-0.25, -0.2) is 4.79 Å². The molecule has 17 heavy (non-hydrogen) atoms. The van der Waals surface area contributed by atoms with Crippen molar-refractivity contribution < 1.29 is 13.9 Å². The summed E-state index contributed by atoms with van der Waals surface area (Å²) < 4.78 is 9.89. The number of nitrogens with one attached hydrogen (secondary N) is 1. The van der Waals surface area contributed by atoms with Crippen LogP contribution >= 0.6 is 0 Å². The summed E-state index contributed by atoms with van der Waals surface area (Å²) in [5, 5.41) is 3.28. The number of furan rings is 1. The van der Waals surface area contributed by atoms with Crippen molar-refractivity contribution in [1.29, 1.82) is 0 Å². The summed E-state index contributed by atoms with van der Waals surface area (Å²) in [5.74, 6) is 1.32. The van der Waals surface area contributed by atoms with Crippen LogP contribution in [0, 0.1) is 5.92 Å². The highest BCUT2D eigenvalue weighted by Gasteiger charge is 2.10. The van der Waals surface area contributed by atoms with Gasteiger partial charge in [-0.15, -0.1) is 0 Å². The van der Waals surface area contributed by atoms with Crippen LogP contribution < -0.4 is 5.32 Å². The topological polar surface area (TPSA) is 51.5 Å². The van der Waals surface area contributed by atoms with E-state index in [2.05, 4.69) is 23.9 Å². The minimum Gasteiger partial charge on any atom is -0.463 e. The molecule has 0 amide bonds. The molecule has 0 saturated heterocycles. The number of carbonyl (C=O) groups excluding carboxylic acids is 1. The minimum atomic E-state index is -0.434. The Hall–Kier alpha value is -1.29. The lowest BCUT2D eigenvalue weighted by Gasteiger charge is -2.05. The van der Waals surface area contributed by atoms with E-state index in [0.717, 1.165) is 24.6 Å². The van der Waals surface area contributed by atoms with Gasteiger partial charge in [0, 0.05) is 0 Å². The van der Waals surface area contributed by atoms with Gasteiger partial charge >= 0.3 is 5.97 Å². The number of methoxy groups -OCH3 is 1. The number of hydrogen-bond acceptors (Lipinski definition) is 4. The largest absolute Gasteiger partial charge is 0.463 e. The van der Waals surface area contributed by atoms with Crippen LogP contribution in [-0.2, 0) is 11.3 Å². The molecule has 0 radical (unpaired) electrons. The summed E-state index contributed by atoms with van der Waals surface area (Å²) in [6, 6.07) is 3.43. The van der Waals surface area contributed by atoms with Crippen LogP contribution in [0.3, 0.4) is 0 Å². The maximum Gasteiger partial charge on any atom is 0.373 e. The lowest BCUT2D eigenvalue weighted by molar-refractivity contribution is 0.0563. The second kappa shape index (κ2) is 7.12. The molecule has 1 aromatic rings. The standard InChI is InChI=1S/C13H21NO3/c1-10(2)5-4-8-14-9-11-6-7-12(17-11)13(15)16-3/h6-7,10,14H,4-5,8-9H2,1-3H3. The Kier molecular flexibility index (Phi) is 5.77. The molecule has 0 spiro atoms. The van der Waals surface area contributed by atoms with Gasteiger partial charge in [0.05, 0.1) is 13.7 Å². The van der Waals surface area contributed by atoms with E-state index < -0.39 is 5.97 Å². The van der Waals surface area contributed by atoms with Crippen molar-refractivity contribution in [3.63, 3.8) is 0 Å². The van der Waals surface area contributed by atoms with E-state index in [1.165, 1.54) is 13.5 Å². The Morgan fingerprint density at radius 3 is 2.88 bits per heavy atom. The maximum atomic E-state index is 11.1. The first-order valence-corrected chi connectivity index (χ1v) is 6.01. The van der Waals surface area contributed by atoms with Crippen molar-refractivity contribution in [3.8, 4) is 0 Å². The summed E-state index contributed by atoms with van der Waals surface area (Å²) in [6.45, 7) is 6.05. The van der Waals surface area contributed by atoms with Crippen LogP contribution in [-0.4, -0.2) is 19.6 Å². The first-order chi connectivity index (χ1) is 8.13. The van der Waals surface area contributed by atoms with Gasteiger partial charge in [-0.05, 0) is 37.4 Å². The number of ether oxygens (including phenoxy) is 1. The van der Waals surface area contributed by atoms with E-state index in [9.17, 15) is 4.79 Å². The molecule has 1 rings (SSSR count). The lowest BCUT2D eigenvalue weighted by atomic mass is 10.1. The van der Waals surface area contributed by atoms with Crippen LogP contribution in [0.25, 0.3) is 0 Å². The van der Waals surface area contributed by atoms with E-state index in [-0.39, 0.29) is 5.76 Å². The van der Waals surface area contributed by atoms with Crippen LogP contribution in [0.4, 0.5) is 0 Å². The molecular formula is C13H21NO3. The van der Waals surface area contributed by atoms with Crippen molar-refractivity contribution in [3.05, 3.63) is 23.7 Å². The lowest BCUT2D eigenvalue weighted by Crippen LogP contribution is -2.14. The molecule has 0 saturated carbocycles. The van der Waals surface area contributed by atoms with Gasteiger partial charge < -0.3 is 14.5 Å². The number of esters is 1. The maximum absolute atomic E-state index is 11.1. The van der Waals surface area contributed by atoms with Crippen molar-refractivity contribution in [2.24, 2.45) is 5.92 Å². The van der Waals surface area contributed by atoms with E-state index in [4.69, 9.17) is 4.42 Å². The number of hydrogen-bond donors (Lipinski definition) is 1. The van der Waals surface area contributed by atoms with Crippen molar-refractivity contribution >= 4 is 5.97 Å². The average Bonchev–Trinajstić information content (AvgIpc) is 2.76. The van der Waals surface area contributed by atoms with E-state index in [0.29, 0.717) is 6.54 Å². The second-order valence-corrected chi connectivity index (χ2v) is 4.47. The normalized spacial score (nSPS) is 10.8. The summed E-state index contributed by atoms with van der Waals surface area (Å²) in [4.78, 5) is 11.1. The van der Waals surface area contributed by atoms with Gasteiger partial charge in [-0.1, -0.05) is 13.8 Å². The SMILES string of the molecule is COC(=O)c1ccc(CNCCCC(C)C)o1. The quantitative estimate of drug-likeness (QED) is 0.587. The van der Waals surface area contributed by atoms with Gasteiger partial charge in [0.2, 0.25) is 5.76 Å². The average molecular weight is 239 g/mol. The third kappa shape index (κ3) is 5.04. The Labute approximate surface area is 102 Å². The Morgan fingerprint density at radius 2 is 2.24 bits per heavy atom. The van der Waals surface area contributed by atoms with Gasteiger partial charge in [-0.2, -0.15) is 0 Å². The summed E-state index contributed by atoms with van der Waals surface area (Å²) >= 11 is 0. The molecule has 0 aliphatic heterocycles. The molecule has 0 aromatic carbocycles. The van der Waals surface area contributed by atoms with Crippen LogP contribution in [0.15, 0.2) is 16.5 Å². The highest BCUT2D eigenvalue weighted by molar-refractivity contribution is 5.86. The van der Waals surface area contributed by atoms with Gasteiger partial charge in [0.1, 0.15) is 5.76 Å². The van der Waals surface area contributed by atoms with Crippen molar-refractivity contribution in [1.82, 2.24) is 5.32 Å². The molecule has 0 atom stereocenters. The summed E-state index contributed by atoms with van der Waals surface area (Å²) in [6.07, 6.45) is 2.38. The molecular weight excluding hydrogens is 218 g/mol. The third-order valence-corrected chi connectivity index (χ3v) is 2.48. The molecule has 0 aliphatic rings. The second-order valence-electron chi connectivity index (χ2n) is 4.47. The highest BCUT2D eigenvalue weighted by atomic mass is 16.5. The van der Waals surface area contributed by atoms with Gasteiger partial charge in [0.15, 0.2) is 0 Å². The minimum absolute atomic E-state index is 0.256. The van der Waals surface area contributed by atoms with Crippen LogP contribution in [0.2, 0.25) is 0 Å². The van der Waals surface area contributed by atoms with Crippen LogP contribution in [0.1, 0.15) is 43.0 Å². The van der Waals surface area contributed by atoms with Crippen LogP contribution in [0.5, 0.6) is 0 Å². The number of carbonyl (C=O) groups is 1. The zero-order valence-corrected chi connectivity index (χ0v) is 10.8. The highest BCUT2D eigenvalue weighted by Crippen LogP contribution is 2.09. The fraction of sp³-hybridized carbons (Fsp3) is 0.615. The monoisotopic (exact) mass is 239 g/mol. The Bertz CT molecular complexity index is 344. The molecule has 1 N–H and O–H groups in total. The predicted octanol–water partition coefficient (Wildman–Crippen LogP) is 2.59.